The molecule has 0 amide bonds. The van der Waals surface area contributed by atoms with Crippen LogP contribution >= 0.6 is 0 Å². The second kappa shape index (κ2) is 6.48. The van der Waals surface area contributed by atoms with Crippen molar-refractivity contribution in [2.24, 2.45) is 0 Å². The Morgan fingerprint density at radius 3 is 2.32 bits per heavy atom. The summed E-state index contributed by atoms with van der Waals surface area (Å²) in [6.07, 6.45) is 1.75. The van der Waals surface area contributed by atoms with Crippen LogP contribution in [-0.2, 0) is 12.8 Å². The highest BCUT2D eigenvalue weighted by Gasteiger charge is 2.12. The van der Waals surface area contributed by atoms with Crippen LogP contribution in [0, 0.1) is 5.82 Å². The number of aliphatic hydroxyl groups is 1. The van der Waals surface area contributed by atoms with Crippen LogP contribution in [0.3, 0.4) is 0 Å². The first kappa shape index (κ1) is 13.8. The van der Waals surface area contributed by atoms with E-state index in [1.807, 2.05) is 6.07 Å². The Morgan fingerprint density at radius 2 is 1.74 bits per heavy atom. The van der Waals surface area contributed by atoms with Crippen molar-refractivity contribution in [3.05, 3.63) is 71.0 Å². The van der Waals surface area contributed by atoms with Gasteiger partial charge in [0.1, 0.15) is 5.82 Å². The highest BCUT2D eigenvalue weighted by molar-refractivity contribution is 5.27. The Labute approximate surface area is 113 Å². The van der Waals surface area contributed by atoms with Crippen molar-refractivity contribution in [3.8, 4) is 0 Å². The number of aliphatic hydroxyl groups excluding tert-OH is 1. The molecule has 2 aromatic carbocycles. The number of hydrogen-bond acceptors (Lipinski definition) is 1. The van der Waals surface area contributed by atoms with Crippen molar-refractivity contribution in [2.75, 3.05) is 6.61 Å². The van der Waals surface area contributed by atoms with Crippen LogP contribution in [0.15, 0.2) is 48.5 Å². The van der Waals surface area contributed by atoms with Gasteiger partial charge in [-0.15, -0.1) is 0 Å². The standard InChI is InChI=1S/C17H19FO/c1-2-13-6-8-14(9-7-13)10-16(12-19)15-4-3-5-17(18)11-15/h3-9,11,16,19H,2,10,12H2,1H3. The molecule has 0 aliphatic carbocycles. The molecule has 0 aliphatic rings. The predicted octanol–water partition coefficient (Wildman–Crippen LogP) is 3.71. The molecule has 1 nitrogen and oxygen atoms in total. The van der Waals surface area contributed by atoms with Crippen LogP contribution in [0.5, 0.6) is 0 Å². The van der Waals surface area contributed by atoms with E-state index in [0.717, 1.165) is 18.4 Å². The van der Waals surface area contributed by atoms with Crippen LogP contribution in [0.4, 0.5) is 4.39 Å². The van der Waals surface area contributed by atoms with Crippen LogP contribution in [0.25, 0.3) is 0 Å². The maximum absolute atomic E-state index is 13.2. The minimum atomic E-state index is -0.253. The minimum absolute atomic E-state index is 0.0268. The lowest BCUT2D eigenvalue weighted by atomic mass is 9.92. The monoisotopic (exact) mass is 258 g/mol. The molecule has 0 saturated heterocycles. The average Bonchev–Trinajstić information content (AvgIpc) is 2.45. The maximum atomic E-state index is 13.2. The van der Waals surface area contributed by atoms with Gasteiger partial charge in [-0.25, -0.2) is 4.39 Å². The molecule has 0 radical (unpaired) electrons. The molecule has 0 heterocycles. The van der Waals surface area contributed by atoms with Crippen LogP contribution in [0.2, 0.25) is 0 Å². The van der Waals surface area contributed by atoms with Gasteiger partial charge < -0.3 is 5.11 Å². The van der Waals surface area contributed by atoms with Crippen molar-refractivity contribution in [3.63, 3.8) is 0 Å². The fourth-order valence-electron chi connectivity index (χ4n) is 2.24. The van der Waals surface area contributed by atoms with Gasteiger partial charge in [0.2, 0.25) is 0 Å². The normalized spacial score (nSPS) is 12.4. The van der Waals surface area contributed by atoms with Crippen LogP contribution < -0.4 is 0 Å². The Morgan fingerprint density at radius 1 is 1.05 bits per heavy atom. The van der Waals surface area contributed by atoms with Crippen molar-refractivity contribution >= 4 is 0 Å². The summed E-state index contributed by atoms with van der Waals surface area (Å²) in [5, 5.41) is 9.51. The van der Waals surface area contributed by atoms with E-state index >= 15 is 0 Å². The van der Waals surface area contributed by atoms with E-state index in [4.69, 9.17) is 0 Å². The molecule has 0 fully saturated rings. The molecule has 0 spiro atoms. The van der Waals surface area contributed by atoms with Crippen molar-refractivity contribution in [1.29, 1.82) is 0 Å². The van der Waals surface area contributed by atoms with E-state index < -0.39 is 0 Å². The fourth-order valence-corrected chi connectivity index (χ4v) is 2.24. The number of hydrogen-bond donors (Lipinski definition) is 1. The summed E-state index contributed by atoms with van der Waals surface area (Å²) in [7, 11) is 0. The number of benzene rings is 2. The Kier molecular flexibility index (Phi) is 4.69. The first-order valence-electron chi connectivity index (χ1n) is 6.67. The first-order valence-corrected chi connectivity index (χ1v) is 6.67. The van der Waals surface area contributed by atoms with Gasteiger partial charge in [0.25, 0.3) is 0 Å². The summed E-state index contributed by atoms with van der Waals surface area (Å²) >= 11 is 0. The Bertz CT molecular complexity index is 519. The number of halogens is 1. The van der Waals surface area contributed by atoms with Gasteiger partial charge in [-0.1, -0.05) is 43.3 Å². The van der Waals surface area contributed by atoms with Gasteiger partial charge in [-0.3, -0.25) is 0 Å². The molecular weight excluding hydrogens is 239 g/mol. The Balaban J connectivity index is 2.14. The summed E-state index contributed by atoms with van der Waals surface area (Å²) in [6, 6.07) is 14.9. The van der Waals surface area contributed by atoms with E-state index in [0.29, 0.717) is 0 Å². The third kappa shape index (κ3) is 3.65. The zero-order valence-corrected chi connectivity index (χ0v) is 11.1. The molecule has 2 heteroatoms. The quantitative estimate of drug-likeness (QED) is 0.867. The molecule has 0 bridgehead atoms. The molecular formula is C17H19FO. The largest absolute Gasteiger partial charge is 0.396 e. The predicted molar refractivity (Wildman–Crippen MR) is 75.8 cm³/mol. The smallest absolute Gasteiger partial charge is 0.123 e. The van der Waals surface area contributed by atoms with Gasteiger partial charge >= 0.3 is 0 Å². The summed E-state index contributed by atoms with van der Waals surface area (Å²) in [6.45, 7) is 2.15. The lowest BCUT2D eigenvalue weighted by molar-refractivity contribution is 0.264. The van der Waals surface area contributed by atoms with Gasteiger partial charge in [0, 0.05) is 5.92 Å². The molecule has 1 atom stereocenters. The lowest BCUT2D eigenvalue weighted by Gasteiger charge is -2.15. The molecule has 0 aromatic heterocycles. The molecule has 0 aliphatic heterocycles. The fraction of sp³-hybridized carbons (Fsp3) is 0.294. The molecule has 2 aromatic rings. The SMILES string of the molecule is CCc1ccc(CC(CO)c2cccc(F)c2)cc1. The second-order valence-electron chi connectivity index (χ2n) is 4.81. The van der Waals surface area contributed by atoms with Crippen molar-refractivity contribution in [1.82, 2.24) is 0 Å². The van der Waals surface area contributed by atoms with Crippen LogP contribution in [-0.4, -0.2) is 11.7 Å². The summed E-state index contributed by atoms with van der Waals surface area (Å²) in [4.78, 5) is 0. The molecule has 1 unspecified atom stereocenters. The number of rotatable bonds is 5. The van der Waals surface area contributed by atoms with Crippen molar-refractivity contribution in [2.45, 2.75) is 25.7 Å². The number of aryl methyl sites for hydroxylation is 1. The summed E-state index contributed by atoms with van der Waals surface area (Å²) in [5.41, 5.74) is 3.32. The van der Waals surface area contributed by atoms with Crippen molar-refractivity contribution < 1.29 is 9.50 Å². The third-order valence-corrected chi connectivity index (χ3v) is 3.45. The van der Waals surface area contributed by atoms with E-state index in [9.17, 15) is 9.50 Å². The topological polar surface area (TPSA) is 20.2 Å². The third-order valence-electron chi connectivity index (χ3n) is 3.45. The van der Waals surface area contributed by atoms with E-state index in [1.54, 1.807) is 6.07 Å². The molecule has 1 N–H and O–H groups in total. The Hall–Kier alpha value is -1.67. The second-order valence-corrected chi connectivity index (χ2v) is 4.81. The van der Waals surface area contributed by atoms with Gasteiger partial charge in [-0.05, 0) is 41.7 Å². The highest BCUT2D eigenvalue weighted by atomic mass is 19.1. The molecule has 0 saturated carbocycles. The van der Waals surface area contributed by atoms with E-state index in [1.165, 1.54) is 23.3 Å². The molecule has 2 rings (SSSR count). The maximum Gasteiger partial charge on any atom is 0.123 e. The summed E-state index contributed by atoms with van der Waals surface area (Å²) in [5.74, 6) is -0.305. The highest BCUT2D eigenvalue weighted by Crippen LogP contribution is 2.21. The summed E-state index contributed by atoms with van der Waals surface area (Å²) < 4.78 is 13.2. The van der Waals surface area contributed by atoms with Gasteiger partial charge in [0.05, 0.1) is 6.61 Å². The lowest BCUT2D eigenvalue weighted by Crippen LogP contribution is -2.08. The molecule has 19 heavy (non-hydrogen) atoms. The van der Waals surface area contributed by atoms with E-state index in [2.05, 4.69) is 31.2 Å². The zero-order chi connectivity index (χ0) is 13.7. The van der Waals surface area contributed by atoms with E-state index in [-0.39, 0.29) is 18.3 Å². The van der Waals surface area contributed by atoms with Crippen LogP contribution in [0.1, 0.15) is 29.5 Å². The minimum Gasteiger partial charge on any atom is -0.396 e. The zero-order valence-electron chi connectivity index (χ0n) is 11.1. The van der Waals surface area contributed by atoms with Gasteiger partial charge in [0.15, 0.2) is 0 Å². The first-order chi connectivity index (χ1) is 9.22. The molecule has 100 valence electrons. The average molecular weight is 258 g/mol. The van der Waals surface area contributed by atoms with Gasteiger partial charge in [-0.2, -0.15) is 0 Å².